The van der Waals surface area contributed by atoms with E-state index in [9.17, 15) is 14.3 Å². The maximum atomic E-state index is 12.5. The molecule has 0 saturated heterocycles. The molecule has 0 fully saturated rings. The van der Waals surface area contributed by atoms with Gasteiger partial charge in [-0.3, -0.25) is 14.3 Å². The van der Waals surface area contributed by atoms with Gasteiger partial charge in [0.05, 0.1) is 33.1 Å². The Balaban J connectivity index is 1.82. The third-order valence-corrected chi connectivity index (χ3v) is 5.23. The van der Waals surface area contributed by atoms with Crippen molar-refractivity contribution < 1.29 is 9.13 Å². The van der Waals surface area contributed by atoms with Crippen LogP contribution in [-0.4, -0.2) is 9.13 Å². The Hall–Kier alpha value is -3.50. The summed E-state index contributed by atoms with van der Waals surface area (Å²) in [6.45, 7) is 0. The van der Waals surface area contributed by atoms with Gasteiger partial charge in [-0.25, -0.2) is 0 Å². The van der Waals surface area contributed by atoms with E-state index in [4.69, 9.17) is 5.26 Å². The molecule has 0 aliphatic carbocycles. The first-order valence-electron chi connectivity index (χ1n) is 8.05. The minimum Gasteiger partial charge on any atom is -0.350 e. The summed E-state index contributed by atoms with van der Waals surface area (Å²) in [5.41, 5.74) is 1.83. The van der Waals surface area contributed by atoms with E-state index >= 15 is 0 Å². The van der Waals surface area contributed by atoms with Gasteiger partial charge in [-0.05, 0) is 42.0 Å². The summed E-state index contributed by atoms with van der Waals surface area (Å²) in [7, 11) is -1.18. The van der Waals surface area contributed by atoms with Gasteiger partial charge in [-0.1, -0.05) is 30.3 Å². The lowest BCUT2D eigenvalue weighted by Gasteiger charge is -2.09. The molecule has 1 atom stereocenters. The van der Waals surface area contributed by atoms with Gasteiger partial charge < -0.3 is 5.32 Å². The van der Waals surface area contributed by atoms with Crippen LogP contribution in [0, 0.1) is 21.4 Å². The number of nitro benzene ring substituents is 1. The normalized spacial score (nSPS) is 11.4. The molecule has 3 aromatic carbocycles. The number of anilines is 2. The molecule has 6 nitrogen and oxygen atoms in total. The minimum atomic E-state index is -1.18. The third-order valence-electron chi connectivity index (χ3n) is 3.83. The Bertz CT molecular complexity index is 1050. The Morgan fingerprint density at radius 2 is 1.81 bits per heavy atom. The van der Waals surface area contributed by atoms with Crippen molar-refractivity contribution in [3.05, 3.63) is 94.0 Å². The molecule has 27 heavy (non-hydrogen) atoms. The monoisotopic (exact) mass is 377 g/mol. The fourth-order valence-electron chi connectivity index (χ4n) is 2.56. The van der Waals surface area contributed by atoms with Crippen LogP contribution in [0.2, 0.25) is 0 Å². The number of hydrogen-bond acceptors (Lipinski definition) is 5. The zero-order chi connectivity index (χ0) is 19.2. The molecule has 0 bridgehead atoms. The Morgan fingerprint density at radius 3 is 2.52 bits per heavy atom. The van der Waals surface area contributed by atoms with E-state index in [2.05, 4.69) is 5.32 Å². The van der Waals surface area contributed by atoms with Crippen LogP contribution in [-0.2, 0) is 16.6 Å². The first kappa shape index (κ1) is 18.3. The number of nitrogens with one attached hydrogen (secondary N) is 1. The predicted octanol–water partition coefficient (Wildman–Crippen LogP) is 4.52. The van der Waals surface area contributed by atoms with Crippen LogP contribution in [0.1, 0.15) is 11.1 Å². The highest BCUT2D eigenvalue weighted by atomic mass is 32.2. The molecule has 1 unspecified atom stereocenters. The average Bonchev–Trinajstić information content (AvgIpc) is 2.69. The Kier molecular flexibility index (Phi) is 5.59. The summed E-state index contributed by atoms with van der Waals surface area (Å²) >= 11 is 0. The average molecular weight is 377 g/mol. The zero-order valence-electron chi connectivity index (χ0n) is 14.2. The van der Waals surface area contributed by atoms with Crippen molar-refractivity contribution in [2.45, 2.75) is 10.6 Å². The minimum absolute atomic E-state index is 0.174. The Morgan fingerprint density at radius 1 is 1.04 bits per heavy atom. The molecule has 0 aliphatic rings. The maximum absolute atomic E-state index is 12.5. The topological polar surface area (TPSA) is 96.0 Å². The van der Waals surface area contributed by atoms with Crippen molar-refractivity contribution in [3.63, 3.8) is 0 Å². The largest absolute Gasteiger partial charge is 0.350 e. The van der Waals surface area contributed by atoms with Gasteiger partial charge in [0, 0.05) is 16.6 Å². The first-order valence-corrected chi connectivity index (χ1v) is 9.36. The van der Waals surface area contributed by atoms with Crippen LogP contribution < -0.4 is 5.32 Å². The molecule has 0 amide bonds. The number of nitriles is 1. The molecular weight excluding hydrogens is 362 g/mol. The van der Waals surface area contributed by atoms with Gasteiger partial charge in [0.1, 0.15) is 5.69 Å². The van der Waals surface area contributed by atoms with Crippen molar-refractivity contribution in [2.75, 3.05) is 5.32 Å². The summed E-state index contributed by atoms with van der Waals surface area (Å²) in [6.07, 6.45) is 0. The van der Waals surface area contributed by atoms with Crippen molar-refractivity contribution in [1.29, 1.82) is 5.26 Å². The lowest BCUT2D eigenvalue weighted by atomic mass is 10.1. The lowest BCUT2D eigenvalue weighted by Crippen LogP contribution is -2.00. The van der Waals surface area contributed by atoms with Crippen LogP contribution in [0.25, 0.3) is 0 Å². The molecule has 0 radical (unpaired) electrons. The molecule has 3 aromatic rings. The van der Waals surface area contributed by atoms with E-state index in [0.29, 0.717) is 17.1 Å². The van der Waals surface area contributed by atoms with Crippen LogP contribution >= 0.6 is 0 Å². The predicted molar refractivity (Wildman–Crippen MR) is 104 cm³/mol. The lowest BCUT2D eigenvalue weighted by molar-refractivity contribution is -0.383. The van der Waals surface area contributed by atoms with Crippen LogP contribution in [0.3, 0.4) is 0 Å². The molecule has 7 heteroatoms. The fourth-order valence-corrected chi connectivity index (χ4v) is 3.67. The van der Waals surface area contributed by atoms with Crippen molar-refractivity contribution in [2.24, 2.45) is 0 Å². The quantitative estimate of drug-likeness (QED) is 0.503. The second-order valence-corrected chi connectivity index (χ2v) is 7.18. The van der Waals surface area contributed by atoms with Crippen molar-refractivity contribution in [3.8, 4) is 6.07 Å². The maximum Gasteiger partial charge on any atom is 0.293 e. The van der Waals surface area contributed by atoms with Crippen molar-refractivity contribution >= 4 is 27.9 Å². The van der Waals surface area contributed by atoms with E-state index in [1.54, 1.807) is 12.1 Å². The van der Waals surface area contributed by atoms with E-state index in [0.717, 1.165) is 10.5 Å². The number of hydrogen-bond donors (Lipinski definition) is 1. The molecule has 0 aliphatic heterocycles. The van der Waals surface area contributed by atoms with E-state index in [-0.39, 0.29) is 11.3 Å². The Labute approximate surface area is 158 Å². The summed E-state index contributed by atoms with van der Waals surface area (Å²) in [5, 5.41) is 23.2. The highest BCUT2D eigenvalue weighted by molar-refractivity contribution is 7.84. The van der Waals surface area contributed by atoms with E-state index < -0.39 is 15.7 Å². The molecule has 0 heterocycles. The highest BCUT2D eigenvalue weighted by Crippen LogP contribution is 2.29. The molecule has 134 valence electrons. The molecule has 0 aromatic heterocycles. The molecule has 1 N–H and O–H groups in total. The van der Waals surface area contributed by atoms with Gasteiger partial charge in [0.25, 0.3) is 5.69 Å². The molecule has 0 spiro atoms. The van der Waals surface area contributed by atoms with E-state index in [1.807, 2.05) is 48.5 Å². The second kappa shape index (κ2) is 8.25. The van der Waals surface area contributed by atoms with Crippen LogP contribution in [0.4, 0.5) is 17.1 Å². The van der Waals surface area contributed by atoms with Gasteiger partial charge in [-0.2, -0.15) is 5.26 Å². The zero-order valence-corrected chi connectivity index (χ0v) is 15.0. The van der Waals surface area contributed by atoms with Crippen LogP contribution in [0.5, 0.6) is 0 Å². The summed E-state index contributed by atoms with van der Waals surface area (Å²) < 4.78 is 12.5. The number of benzene rings is 3. The summed E-state index contributed by atoms with van der Waals surface area (Å²) in [6, 6.07) is 22.6. The second-order valence-electron chi connectivity index (χ2n) is 5.73. The van der Waals surface area contributed by atoms with Gasteiger partial charge in [0.15, 0.2) is 0 Å². The smallest absolute Gasteiger partial charge is 0.293 e. The number of nitrogens with zero attached hydrogens (tertiary/aromatic N) is 2. The number of nitro groups is 1. The molecule has 3 rings (SSSR count). The van der Waals surface area contributed by atoms with E-state index in [1.165, 1.54) is 18.2 Å². The standard InChI is InChI=1S/C20H15N3O3S/c21-13-15-9-10-19(20(12-15)23(24)25)22-17-6-4-5-16(11-17)14-27(26)18-7-2-1-3-8-18/h1-12,22H,14H2. The van der Waals surface area contributed by atoms with Gasteiger partial charge in [-0.15, -0.1) is 0 Å². The number of rotatable bonds is 6. The SMILES string of the molecule is N#Cc1ccc(Nc2cccc(CS(=O)c3ccccc3)c2)c([N+](=O)[O-])c1. The molecule has 0 saturated carbocycles. The summed E-state index contributed by atoms with van der Waals surface area (Å²) in [4.78, 5) is 11.5. The first-order chi connectivity index (χ1) is 13.1. The molecular formula is C20H15N3O3S. The van der Waals surface area contributed by atoms with Crippen LogP contribution in [0.15, 0.2) is 77.7 Å². The third kappa shape index (κ3) is 4.57. The van der Waals surface area contributed by atoms with Gasteiger partial charge >= 0.3 is 0 Å². The fraction of sp³-hybridized carbons (Fsp3) is 0.0500. The summed E-state index contributed by atoms with van der Waals surface area (Å²) in [5.74, 6) is 0.342. The van der Waals surface area contributed by atoms with Crippen molar-refractivity contribution in [1.82, 2.24) is 0 Å². The highest BCUT2D eigenvalue weighted by Gasteiger charge is 2.15. The van der Waals surface area contributed by atoms with Gasteiger partial charge in [0.2, 0.25) is 0 Å².